The van der Waals surface area contributed by atoms with E-state index < -0.39 is 53.4 Å². The maximum atomic E-state index is 12.6. The van der Waals surface area contributed by atoms with Crippen molar-refractivity contribution >= 4 is 17.3 Å². The van der Waals surface area contributed by atoms with Gasteiger partial charge in [0.2, 0.25) is 28.9 Å². The molecule has 0 radical (unpaired) electrons. The number of allylic oxidation sites excluding steroid dienone is 10. The number of aliphatic hydroxyl groups is 4. The van der Waals surface area contributed by atoms with Crippen LogP contribution in [-0.2, 0) is 61.8 Å². The third kappa shape index (κ3) is 14.5. The van der Waals surface area contributed by atoms with Crippen molar-refractivity contribution in [1.29, 1.82) is 0 Å². The lowest BCUT2D eigenvalue weighted by Crippen LogP contribution is -2.54. The van der Waals surface area contributed by atoms with E-state index in [2.05, 4.69) is 117 Å². The Hall–Kier alpha value is -6.94. The lowest BCUT2D eigenvalue weighted by Gasteiger charge is -2.48. The van der Waals surface area contributed by atoms with Crippen molar-refractivity contribution in [1.82, 2.24) is 0 Å². The second-order valence-electron chi connectivity index (χ2n) is 31.0. The summed E-state index contributed by atoms with van der Waals surface area (Å²) in [6.45, 7) is 53.3. The Kier molecular flexibility index (Phi) is 21.3. The van der Waals surface area contributed by atoms with E-state index in [-0.39, 0.29) is 79.1 Å². The summed E-state index contributed by atoms with van der Waals surface area (Å²) in [7, 11) is 0. The van der Waals surface area contributed by atoms with Crippen molar-refractivity contribution in [3.8, 4) is 0 Å². The summed E-state index contributed by atoms with van der Waals surface area (Å²) < 4.78 is 59.7. The standard InChI is InChI=1S/C16H19N3O3.C16H22O4.C16H20O4.C16H22O3.C16H20O3/c1-9-6-16(21-11(9)3)7-10(2)13-5-4-12(8-18-19-17)14(20)15(13)22-16;2*1-9-6-16(19-11(9)3)7-10(2)13-5-4-12(8-17)14(18)15(13)20-16;2*1-9-5-6-13-11(3)8-16(19-15(13)14(9)17)7-10(2)12(4)18-16/h4,10,13,15H,1,3,5-8H2,2H3;4,10,13-15,17-18H,1,3,5-8H2,2H3;4,10,13,15,17H,1,3,5-8H2,2H3;5,11,13-15,17H,2,4,6-8H2,1,3H3;5,11,13,15H,2,4,6-8H2,1,3H3/t10-,13+,15+,16+;10-,13+,14+,15+,16+;10-,13+,15+,16+;11-,13+,14+,15+,16+;11-,13+,15+,16+/m00000/s1. The van der Waals surface area contributed by atoms with Crippen LogP contribution >= 0.6 is 0 Å². The van der Waals surface area contributed by atoms with Gasteiger partial charge in [-0.25, -0.2) is 0 Å². The van der Waals surface area contributed by atoms with Gasteiger partial charge in [0.1, 0.15) is 59.3 Å². The molecule has 4 N–H and O–H groups in total. The quantitative estimate of drug-likeness (QED) is 0.0881. The molecule has 10 aliphatic heterocycles. The lowest BCUT2D eigenvalue weighted by atomic mass is 9.72. The molecule has 15 rings (SSSR count). The highest BCUT2D eigenvalue weighted by Gasteiger charge is 2.59. The Morgan fingerprint density at radius 1 is 0.440 bits per heavy atom. The van der Waals surface area contributed by atoms with Crippen LogP contribution in [0.5, 0.6) is 0 Å². The van der Waals surface area contributed by atoms with Crippen molar-refractivity contribution < 1.29 is 82.2 Å². The summed E-state index contributed by atoms with van der Waals surface area (Å²) in [5.41, 5.74) is 16.2. The Morgan fingerprint density at radius 2 is 0.760 bits per heavy atom. The van der Waals surface area contributed by atoms with E-state index in [0.717, 1.165) is 103 Å². The van der Waals surface area contributed by atoms with Crippen LogP contribution in [0.1, 0.15) is 145 Å². The molecule has 5 spiro atoms. The van der Waals surface area contributed by atoms with E-state index in [9.17, 15) is 34.8 Å². The minimum absolute atomic E-state index is 0.0730. The minimum Gasteiger partial charge on any atom is -0.462 e. The van der Waals surface area contributed by atoms with Gasteiger partial charge in [-0.05, 0) is 161 Å². The van der Waals surface area contributed by atoms with E-state index in [0.29, 0.717) is 113 Å². The monoisotopic (exact) mass is 1380 g/mol. The molecular weight excluding hydrogens is 1270 g/mol. The number of Topliss-reactive ketones (excluding diaryl/α,β-unsaturated/α-hetero) is 3. The largest absolute Gasteiger partial charge is 0.462 e. The normalized spacial score (nSPS) is 41.9. The third-order valence-electron chi connectivity index (χ3n) is 23.7. The molecule has 15 aliphatic rings. The van der Waals surface area contributed by atoms with Gasteiger partial charge >= 0.3 is 0 Å². The first-order chi connectivity index (χ1) is 47.2. The topological polar surface area (TPSA) is 273 Å². The van der Waals surface area contributed by atoms with E-state index in [4.69, 9.17) is 52.9 Å². The van der Waals surface area contributed by atoms with Crippen LogP contribution in [0.25, 0.3) is 10.4 Å². The number of aliphatic hydroxyl groups excluding tert-OH is 4. The van der Waals surface area contributed by atoms with Gasteiger partial charge in [0.05, 0.1) is 32.0 Å². The molecule has 0 bridgehead atoms. The molecule has 0 amide bonds. The molecule has 0 unspecified atom stereocenters. The molecule has 10 saturated heterocycles. The van der Waals surface area contributed by atoms with Crippen LogP contribution in [0, 0.1) is 59.2 Å². The van der Waals surface area contributed by atoms with Crippen LogP contribution in [0.4, 0.5) is 0 Å². The Balaban J connectivity index is 0.000000126. The maximum absolute atomic E-state index is 12.6. The first-order valence-corrected chi connectivity index (χ1v) is 35.5. The summed E-state index contributed by atoms with van der Waals surface area (Å²) in [6.07, 6.45) is 17.7. The smallest absolute Gasteiger partial charge is 0.215 e. The van der Waals surface area contributed by atoms with E-state index in [1.165, 1.54) is 0 Å². The third-order valence-corrected chi connectivity index (χ3v) is 23.7. The number of azide groups is 1. The Labute approximate surface area is 588 Å². The highest BCUT2D eigenvalue weighted by Crippen LogP contribution is 2.56. The fraction of sp³-hybridized carbons (Fsp3) is 0.588. The average Bonchev–Trinajstić information content (AvgIpc) is 1.47. The number of ketones is 3. The molecule has 22 atom stereocenters. The van der Waals surface area contributed by atoms with Crippen LogP contribution in [0.3, 0.4) is 0 Å². The predicted octanol–water partition coefficient (Wildman–Crippen LogP) is 13.5. The van der Waals surface area contributed by atoms with Gasteiger partial charge in [-0.15, -0.1) is 0 Å². The van der Waals surface area contributed by atoms with Crippen molar-refractivity contribution in [2.45, 2.75) is 216 Å². The molecule has 10 heterocycles. The molecule has 10 fully saturated rings. The zero-order valence-corrected chi connectivity index (χ0v) is 59.4. The predicted molar refractivity (Wildman–Crippen MR) is 374 cm³/mol. The average molecular weight is 1380 g/mol. The van der Waals surface area contributed by atoms with Gasteiger partial charge in [0.15, 0.2) is 17.3 Å². The summed E-state index contributed by atoms with van der Waals surface area (Å²) in [5.74, 6) is 2.14. The number of hydrogen-bond acceptors (Lipinski definition) is 18. The number of hydrogen-bond donors (Lipinski definition) is 4. The molecule has 0 aromatic heterocycles. The van der Waals surface area contributed by atoms with Crippen LogP contribution < -0.4 is 0 Å². The van der Waals surface area contributed by atoms with Crippen LogP contribution in [0.2, 0.25) is 0 Å². The summed E-state index contributed by atoms with van der Waals surface area (Å²) >= 11 is 0. The van der Waals surface area contributed by atoms with E-state index in [1.54, 1.807) is 0 Å². The zero-order chi connectivity index (χ0) is 72.5. The lowest BCUT2D eigenvalue weighted by molar-refractivity contribution is -0.287. The molecule has 20 heteroatoms. The van der Waals surface area contributed by atoms with Gasteiger partial charge in [-0.1, -0.05) is 136 Å². The fourth-order valence-electron chi connectivity index (χ4n) is 18.1. The SMILES string of the molecule is C=C1C[C@@]2(C[C@H](C)[C@H]3CC=C(C)C(=O)[C@@H]3O2)OC1=C.C=C1C[C@@]2(C[C@H](C)[C@H]3CC=C(C)[C@@H](O)[C@@H]3O2)OC1=C.C=C1C[C@@]2(C[C@H](C)[C@H]3CC=C(CN=[N+]=[N-])C(=O)[C@@H]3O2)OC1=C.C=C1C[C@@]2(C[C@H](C)[C@H]3CC=C(CO)C(=O)[C@@H]3O2)OC1=C.C=C1C[C@@]2(C[C@H](C)[C@H]3CC=C(CO)[C@@H](O)[C@@H]3O2)OC1=C. The summed E-state index contributed by atoms with van der Waals surface area (Å²) in [4.78, 5) is 40.1. The molecule has 5 aliphatic carbocycles. The second kappa shape index (κ2) is 28.7. The minimum atomic E-state index is -0.814. The number of carbonyl (C=O) groups excluding carboxylic acids is 3. The van der Waals surface area contributed by atoms with Crippen molar-refractivity contribution in [2.24, 2.45) is 64.3 Å². The van der Waals surface area contributed by atoms with Gasteiger partial charge < -0.3 is 67.8 Å². The maximum Gasteiger partial charge on any atom is 0.215 e. The Bertz CT molecular complexity index is 3600. The van der Waals surface area contributed by atoms with E-state index >= 15 is 0 Å². The number of nitrogens with zero attached hydrogens (tertiary/aromatic N) is 3. The molecular formula is C80H103N3O17. The molecule has 540 valence electrons. The first kappa shape index (κ1) is 74.3. The Morgan fingerprint density at radius 3 is 1.12 bits per heavy atom. The molecule has 0 aromatic rings. The van der Waals surface area contributed by atoms with Crippen molar-refractivity contribution in [2.75, 3.05) is 19.8 Å². The summed E-state index contributed by atoms with van der Waals surface area (Å²) in [5, 5.41) is 42.8. The van der Waals surface area contributed by atoms with Crippen molar-refractivity contribution in [3.05, 3.63) is 191 Å². The van der Waals surface area contributed by atoms with Crippen LogP contribution in [0.15, 0.2) is 186 Å². The summed E-state index contributed by atoms with van der Waals surface area (Å²) in [6, 6.07) is 0. The second-order valence-corrected chi connectivity index (χ2v) is 31.0. The molecule has 20 nitrogen and oxygen atoms in total. The first-order valence-electron chi connectivity index (χ1n) is 35.5. The fourth-order valence-corrected chi connectivity index (χ4v) is 18.1. The number of ether oxygens (including phenoxy) is 10. The highest BCUT2D eigenvalue weighted by atomic mass is 16.7. The van der Waals surface area contributed by atoms with Gasteiger partial charge in [-0.3, -0.25) is 14.4 Å². The molecule has 100 heavy (non-hydrogen) atoms. The molecule has 0 saturated carbocycles. The molecule has 0 aromatic carbocycles. The van der Waals surface area contributed by atoms with Gasteiger partial charge in [0, 0.05) is 74.7 Å². The van der Waals surface area contributed by atoms with Gasteiger partial charge in [-0.2, -0.15) is 0 Å². The number of rotatable bonds is 4. The van der Waals surface area contributed by atoms with E-state index in [1.807, 2.05) is 38.2 Å². The number of fused-ring (bicyclic) bond motifs is 5. The van der Waals surface area contributed by atoms with Crippen molar-refractivity contribution in [3.63, 3.8) is 0 Å². The van der Waals surface area contributed by atoms with Crippen LogP contribution in [-0.4, -0.2) is 129 Å². The zero-order valence-electron chi connectivity index (χ0n) is 59.4. The number of carbonyl (C=O) groups is 3. The van der Waals surface area contributed by atoms with Gasteiger partial charge in [0.25, 0.3) is 0 Å². The highest BCUT2D eigenvalue weighted by molar-refractivity contribution is 6.01.